The molecule has 1 atom stereocenters. The van der Waals surface area contributed by atoms with Gasteiger partial charge in [-0.15, -0.1) is 11.3 Å². The molecule has 0 radical (unpaired) electrons. The van der Waals surface area contributed by atoms with Gasteiger partial charge < -0.3 is 14.8 Å². The zero-order valence-electron chi connectivity index (χ0n) is 14.0. The maximum absolute atomic E-state index is 12.3. The van der Waals surface area contributed by atoms with Gasteiger partial charge in [-0.25, -0.2) is 4.98 Å². The van der Waals surface area contributed by atoms with Crippen LogP contribution in [-0.2, 0) is 11.3 Å². The molecule has 1 aromatic carbocycles. The average molecular weight is 346 g/mol. The van der Waals surface area contributed by atoms with Crippen molar-refractivity contribution in [3.05, 3.63) is 45.4 Å². The van der Waals surface area contributed by atoms with Crippen molar-refractivity contribution in [3.63, 3.8) is 0 Å². The predicted molar refractivity (Wildman–Crippen MR) is 93.7 cm³/mol. The van der Waals surface area contributed by atoms with E-state index in [1.165, 1.54) is 11.3 Å². The van der Waals surface area contributed by atoms with Crippen LogP contribution in [0.25, 0.3) is 0 Å². The molecule has 24 heavy (non-hydrogen) atoms. The van der Waals surface area contributed by atoms with Gasteiger partial charge in [0.2, 0.25) is 0 Å². The summed E-state index contributed by atoms with van der Waals surface area (Å²) in [6, 6.07) is 7.89. The lowest BCUT2D eigenvalue weighted by Crippen LogP contribution is -2.31. The van der Waals surface area contributed by atoms with Crippen molar-refractivity contribution in [2.24, 2.45) is 0 Å². The van der Waals surface area contributed by atoms with Crippen LogP contribution in [0.2, 0.25) is 0 Å². The molecule has 1 amide bonds. The summed E-state index contributed by atoms with van der Waals surface area (Å²) >= 11 is 1.38. The molecule has 1 saturated heterocycles. The molecule has 0 aliphatic carbocycles. The van der Waals surface area contributed by atoms with Gasteiger partial charge in [-0.2, -0.15) is 0 Å². The van der Waals surface area contributed by atoms with Crippen molar-refractivity contribution >= 4 is 17.2 Å². The third-order valence-corrected chi connectivity index (χ3v) is 5.04. The standard InChI is InChI=1S/C18H22N2O3S/c1-12-5-3-6-14(9-12)23-11-16-20-13(2)17(24-16)18(21)19-10-15-7-4-8-22-15/h3,5-6,9,15H,4,7-8,10-11H2,1-2H3,(H,19,21)/t15-/m1/s1. The lowest BCUT2D eigenvalue weighted by molar-refractivity contribution is 0.0860. The Balaban J connectivity index is 1.56. The van der Waals surface area contributed by atoms with Crippen LogP contribution >= 0.6 is 11.3 Å². The fourth-order valence-electron chi connectivity index (χ4n) is 2.67. The number of carbonyl (C=O) groups is 1. The Kier molecular flexibility index (Phi) is 5.48. The highest BCUT2D eigenvalue weighted by Crippen LogP contribution is 2.21. The second-order valence-corrected chi connectivity index (χ2v) is 7.06. The fourth-order valence-corrected chi connectivity index (χ4v) is 3.56. The number of hydrogen-bond acceptors (Lipinski definition) is 5. The minimum absolute atomic E-state index is 0.0812. The topological polar surface area (TPSA) is 60.5 Å². The van der Waals surface area contributed by atoms with Gasteiger partial charge in [0.05, 0.1) is 11.8 Å². The summed E-state index contributed by atoms with van der Waals surface area (Å²) in [6.07, 6.45) is 2.23. The summed E-state index contributed by atoms with van der Waals surface area (Å²) in [4.78, 5) is 17.4. The molecule has 0 spiro atoms. The van der Waals surface area contributed by atoms with Crippen molar-refractivity contribution in [3.8, 4) is 5.75 Å². The molecular formula is C18H22N2O3S. The SMILES string of the molecule is Cc1cccc(OCc2nc(C)c(C(=O)NC[C@H]3CCCO3)s2)c1. The van der Waals surface area contributed by atoms with Crippen molar-refractivity contribution in [1.82, 2.24) is 10.3 Å². The van der Waals surface area contributed by atoms with Crippen molar-refractivity contribution in [2.45, 2.75) is 39.4 Å². The number of aryl methyl sites for hydroxylation is 2. The van der Waals surface area contributed by atoms with Crippen molar-refractivity contribution < 1.29 is 14.3 Å². The molecule has 5 nitrogen and oxygen atoms in total. The van der Waals surface area contributed by atoms with Gasteiger partial charge in [-0.3, -0.25) is 4.79 Å². The van der Waals surface area contributed by atoms with Crippen LogP contribution in [-0.4, -0.2) is 30.1 Å². The van der Waals surface area contributed by atoms with E-state index < -0.39 is 0 Å². The predicted octanol–water partition coefficient (Wildman–Crippen LogP) is 3.25. The summed E-state index contributed by atoms with van der Waals surface area (Å²) in [6.45, 7) is 5.60. The minimum atomic E-state index is -0.0812. The number of thiazole rings is 1. The largest absolute Gasteiger partial charge is 0.486 e. The number of nitrogens with one attached hydrogen (secondary N) is 1. The normalized spacial score (nSPS) is 17.0. The molecular weight excluding hydrogens is 324 g/mol. The first-order valence-corrected chi connectivity index (χ1v) is 8.99. The number of amides is 1. The Hall–Kier alpha value is -1.92. The molecule has 1 N–H and O–H groups in total. The lowest BCUT2D eigenvalue weighted by atomic mass is 10.2. The van der Waals surface area contributed by atoms with Gasteiger partial charge in [0, 0.05) is 13.2 Å². The van der Waals surface area contributed by atoms with Crippen LogP contribution in [0.1, 0.15) is 38.8 Å². The van der Waals surface area contributed by atoms with E-state index >= 15 is 0 Å². The molecule has 0 saturated carbocycles. The minimum Gasteiger partial charge on any atom is -0.486 e. The zero-order valence-corrected chi connectivity index (χ0v) is 14.8. The van der Waals surface area contributed by atoms with Crippen LogP contribution in [0.5, 0.6) is 5.75 Å². The van der Waals surface area contributed by atoms with Gasteiger partial charge in [-0.05, 0) is 44.4 Å². The number of nitrogens with zero attached hydrogens (tertiary/aromatic N) is 1. The first-order valence-electron chi connectivity index (χ1n) is 8.17. The van der Waals surface area contributed by atoms with Crippen LogP contribution in [0.3, 0.4) is 0 Å². The molecule has 6 heteroatoms. The van der Waals surface area contributed by atoms with Crippen molar-refractivity contribution in [2.75, 3.05) is 13.2 Å². The number of aromatic nitrogens is 1. The van der Waals surface area contributed by atoms with E-state index in [0.717, 1.165) is 41.5 Å². The van der Waals surface area contributed by atoms with Crippen LogP contribution < -0.4 is 10.1 Å². The highest BCUT2D eigenvalue weighted by atomic mass is 32.1. The van der Waals surface area contributed by atoms with Gasteiger partial charge >= 0.3 is 0 Å². The smallest absolute Gasteiger partial charge is 0.263 e. The number of carbonyl (C=O) groups excluding carboxylic acids is 1. The van der Waals surface area contributed by atoms with Gasteiger partial charge in [0.15, 0.2) is 0 Å². The van der Waals surface area contributed by atoms with E-state index in [1.807, 2.05) is 38.1 Å². The zero-order chi connectivity index (χ0) is 16.9. The Bertz CT molecular complexity index is 708. The van der Waals surface area contributed by atoms with Gasteiger partial charge in [0.25, 0.3) is 5.91 Å². The van der Waals surface area contributed by atoms with E-state index in [1.54, 1.807) is 0 Å². The highest BCUT2D eigenvalue weighted by molar-refractivity contribution is 7.13. The van der Waals surface area contributed by atoms with Crippen LogP contribution in [0.4, 0.5) is 0 Å². The Labute approximate surface area is 146 Å². The number of hydrogen-bond donors (Lipinski definition) is 1. The molecule has 1 fully saturated rings. The highest BCUT2D eigenvalue weighted by Gasteiger charge is 2.19. The molecule has 0 bridgehead atoms. The molecule has 128 valence electrons. The van der Waals surface area contributed by atoms with E-state index in [2.05, 4.69) is 10.3 Å². The molecule has 2 aromatic rings. The summed E-state index contributed by atoms with van der Waals surface area (Å²) in [5, 5.41) is 3.74. The number of rotatable bonds is 6. The molecule has 1 aromatic heterocycles. The number of ether oxygens (including phenoxy) is 2. The Morgan fingerprint density at radius 2 is 2.33 bits per heavy atom. The maximum Gasteiger partial charge on any atom is 0.263 e. The average Bonchev–Trinajstić information content (AvgIpc) is 3.20. The third-order valence-electron chi connectivity index (χ3n) is 3.91. The summed E-state index contributed by atoms with van der Waals surface area (Å²) in [7, 11) is 0. The molecule has 0 unspecified atom stereocenters. The van der Waals surface area contributed by atoms with Crippen molar-refractivity contribution in [1.29, 1.82) is 0 Å². The molecule has 1 aliphatic heterocycles. The Morgan fingerprint density at radius 1 is 1.46 bits per heavy atom. The quantitative estimate of drug-likeness (QED) is 0.872. The summed E-state index contributed by atoms with van der Waals surface area (Å²) in [5.41, 5.74) is 1.89. The first kappa shape index (κ1) is 16.9. The molecule has 1 aliphatic rings. The van der Waals surface area contributed by atoms with Gasteiger partial charge in [0.1, 0.15) is 22.2 Å². The summed E-state index contributed by atoms with van der Waals surface area (Å²) in [5.74, 6) is 0.731. The van der Waals surface area contributed by atoms with E-state index in [0.29, 0.717) is 18.0 Å². The second kappa shape index (κ2) is 7.77. The fraction of sp³-hybridized carbons (Fsp3) is 0.444. The lowest BCUT2D eigenvalue weighted by Gasteiger charge is -2.09. The number of benzene rings is 1. The third kappa shape index (κ3) is 4.33. The molecule has 3 rings (SSSR count). The molecule has 2 heterocycles. The van der Waals surface area contributed by atoms with Crippen LogP contribution in [0, 0.1) is 13.8 Å². The first-order chi connectivity index (χ1) is 11.6. The van der Waals surface area contributed by atoms with E-state index in [9.17, 15) is 4.79 Å². The summed E-state index contributed by atoms with van der Waals surface area (Å²) < 4.78 is 11.3. The van der Waals surface area contributed by atoms with E-state index in [4.69, 9.17) is 9.47 Å². The maximum atomic E-state index is 12.3. The Morgan fingerprint density at radius 3 is 3.08 bits per heavy atom. The van der Waals surface area contributed by atoms with E-state index in [-0.39, 0.29) is 12.0 Å². The second-order valence-electron chi connectivity index (χ2n) is 5.97. The van der Waals surface area contributed by atoms with Gasteiger partial charge in [-0.1, -0.05) is 12.1 Å². The monoisotopic (exact) mass is 346 g/mol. The van der Waals surface area contributed by atoms with Crippen LogP contribution in [0.15, 0.2) is 24.3 Å².